The molecule has 1 aromatic carbocycles. The van der Waals surface area contributed by atoms with E-state index in [-0.39, 0.29) is 0 Å². The molecule has 0 bridgehead atoms. The second-order valence-electron chi connectivity index (χ2n) is 3.41. The van der Waals surface area contributed by atoms with E-state index in [1.54, 1.807) is 6.20 Å². The van der Waals surface area contributed by atoms with E-state index in [2.05, 4.69) is 4.98 Å². The summed E-state index contributed by atoms with van der Waals surface area (Å²) in [5, 5.41) is 0.683. The largest absolute Gasteiger partial charge is 0.383 e. The Morgan fingerprint density at radius 2 is 1.88 bits per heavy atom. The van der Waals surface area contributed by atoms with Gasteiger partial charge in [-0.05, 0) is 17.7 Å². The monoisotopic (exact) mass is 233 g/mol. The van der Waals surface area contributed by atoms with Gasteiger partial charge in [0.25, 0.3) is 0 Å². The molecule has 0 amide bonds. The smallest absolute Gasteiger partial charge is 0.128 e. The zero-order valence-corrected chi connectivity index (χ0v) is 9.41. The van der Waals surface area contributed by atoms with Crippen molar-refractivity contribution in [2.24, 2.45) is 5.73 Å². The Labute approximate surface area is 99.1 Å². The van der Waals surface area contributed by atoms with Crippen LogP contribution in [0.5, 0.6) is 0 Å². The van der Waals surface area contributed by atoms with Gasteiger partial charge >= 0.3 is 0 Å². The van der Waals surface area contributed by atoms with Crippen molar-refractivity contribution in [3.8, 4) is 11.1 Å². The highest BCUT2D eigenvalue weighted by atomic mass is 35.5. The van der Waals surface area contributed by atoms with Crippen molar-refractivity contribution >= 4 is 17.4 Å². The zero-order valence-electron chi connectivity index (χ0n) is 8.65. The Bertz CT molecular complexity index is 511. The fourth-order valence-electron chi connectivity index (χ4n) is 1.66. The topological polar surface area (TPSA) is 64.9 Å². The molecule has 0 saturated heterocycles. The summed E-state index contributed by atoms with van der Waals surface area (Å²) in [5.41, 5.74) is 14.2. The summed E-state index contributed by atoms with van der Waals surface area (Å²) in [5.74, 6) is 0.458. The number of benzene rings is 1. The summed E-state index contributed by atoms with van der Waals surface area (Å²) >= 11 is 6.14. The fraction of sp³-hybridized carbons (Fsp3) is 0.0833. The lowest BCUT2D eigenvalue weighted by Crippen LogP contribution is -2.05. The summed E-state index contributed by atoms with van der Waals surface area (Å²) in [4.78, 5) is 4.02. The molecule has 3 nitrogen and oxygen atoms in total. The molecule has 1 heterocycles. The van der Waals surface area contributed by atoms with Gasteiger partial charge in [-0.2, -0.15) is 0 Å². The first kappa shape index (κ1) is 10.9. The number of nitrogens with zero attached hydrogens (tertiary/aromatic N) is 1. The number of hydrogen-bond acceptors (Lipinski definition) is 3. The molecule has 2 aromatic rings. The summed E-state index contributed by atoms with van der Waals surface area (Å²) in [6.07, 6.45) is 1.66. The van der Waals surface area contributed by atoms with Gasteiger partial charge in [-0.15, -0.1) is 0 Å². The van der Waals surface area contributed by atoms with Crippen LogP contribution in [-0.2, 0) is 6.54 Å². The van der Waals surface area contributed by atoms with E-state index in [0.717, 1.165) is 16.7 Å². The number of nitrogen functional groups attached to an aromatic ring is 1. The maximum absolute atomic E-state index is 6.14. The van der Waals surface area contributed by atoms with Gasteiger partial charge < -0.3 is 11.5 Å². The summed E-state index contributed by atoms with van der Waals surface area (Å²) in [6.45, 7) is 0.347. The number of rotatable bonds is 2. The Kier molecular flexibility index (Phi) is 3.08. The van der Waals surface area contributed by atoms with Crippen LogP contribution >= 0.6 is 11.6 Å². The lowest BCUT2D eigenvalue weighted by atomic mass is 10.0. The second-order valence-corrected chi connectivity index (χ2v) is 3.81. The molecule has 0 fully saturated rings. The van der Waals surface area contributed by atoms with Gasteiger partial charge in [-0.1, -0.05) is 29.8 Å². The van der Waals surface area contributed by atoms with Gasteiger partial charge in [0.15, 0.2) is 0 Å². The molecular weight excluding hydrogens is 222 g/mol. The van der Waals surface area contributed by atoms with Gasteiger partial charge in [-0.3, -0.25) is 0 Å². The Hall–Kier alpha value is -1.58. The first-order valence-electron chi connectivity index (χ1n) is 4.92. The normalized spacial score (nSPS) is 10.4. The molecule has 0 atom stereocenters. The van der Waals surface area contributed by atoms with Crippen LogP contribution in [0.4, 0.5) is 5.82 Å². The summed E-state index contributed by atoms with van der Waals surface area (Å²) in [6, 6.07) is 9.47. The van der Waals surface area contributed by atoms with Gasteiger partial charge in [0, 0.05) is 28.9 Å². The molecule has 82 valence electrons. The predicted octanol–water partition coefficient (Wildman–Crippen LogP) is 2.44. The van der Waals surface area contributed by atoms with Crippen molar-refractivity contribution in [3.05, 3.63) is 47.1 Å². The van der Waals surface area contributed by atoms with Gasteiger partial charge in [-0.25, -0.2) is 4.98 Å². The number of halogens is 1. The molecule has 0 saturated carbocycles. The molecule has 1 aromatic heterocycles. The average Bonchev–Trinajstić information content (AvgIpc) is 2.29. The molecule has 4 heteroatoms. The molecule has 0 radical (unpaired) electrons. The van der Waals surface area contributed by atoms with Crippen molar-refractivity contribution in [1.29, 1.82) is 0 Å². The van der Waals surface area contributed by atoms with Crippen LogP contribution in [0.1, 0.15) is 5.56 Å². The van der Waals surface area contributed by atoms with E-state index < -0.39 is 0 Å². The Morgan fingerprint density at radius 1 is 1.12 bits per heavy atom. The van der Waals surface area contributed by atoms with Gasteiger partial charge in [0.05, 0.1) is 0 Å². The third-order valence-electron chi connectivity index (χ3n) is 2.46. The number of hydrogen-bond donors (Lipinski definition) is 2. The Balaban J connectivity index is 2.65. The molecule has 4 N–H and O–H groups in total. The van der Waals surface area contributed by atoms with E-state index in [0.29, 0.717) is 17.4 Å². The third-order valence-corrected chi connectivity index (χ3v) is 2.79. The van der Waals surface area contributed by atoms with Gasteiger partial charge in [0.2, 0.25) is 0 Å². The SMILES string of the molecule is NCc1c(-c2ccccc2Cl)ccnc1N. The minimum atomic E-state index is 0.347. The van der Waals surface area contributed by atoms with E-state index >= 15 is 0 Å². The summed E-state index contributed by atoms with van der Waals surface area (Å²) < 4.78 is 0. The van der Waals surface area contributed by atoms with E-state index in [1.807, 2.05) is 30.3 Å². The van der Waals surface area contributed by atoms with Crippen LogP contribution in [0.15, 0.2) is 36.5 Å². The van der Waals surface area contributed by atoms with Crippen LogP contribution in [0.25, 0.3) is 11.1 Å². The molecule has 16 heavy (non-hydrogen) atoms. The van der Waals surface area contributed by atoms with Crippen LogP contribution < -0.4 is 11.5 Å². The molecule has 0 aliphatic rings. The van der Waals surface area contributed by atoms with E-state index in [4.69, 9.17) is 23.1 Å². The van der Waals surface area contributed by atoms with Crippen molar-refractivity contribution in [2.75, 3.05) is 5.73 Å². The van der Waals surface area contributed by atoms with Crippen LogP contribution in [0, 0.1) is 0 Å². The standard InChI is InChI=1S/C12H12ClN3/c13-11-4-2-1-3-9(11)8-5-6-16-12(15)10(8)7-14/h1-6H,7,14H2,(H2,15,16). The molecule has 0 aliphatic heterocycles. The lowest BCUT2D eigenvalue weighted by molar-refractivity contribution is 1.06. The van der Waals surface area contributed by atoms with Gasteiger partial charge in [0.1, 0.15) is 5.82 Å². The average molecular weight is 234 g/mol. The van der Waals surface area contributed by atoms with Crippen LogP contribution in [-0.4, -0.2) is 4.98 Å². The van der Waals surface area contributed by atoms with Crippen molar-refractivity contribution < 1.29 is 0 Å². The molecular formula is C12H12ClN3. The highest BCUT2D eigenvalue weighted by molar-refractivity contribution is 6.33. The number of pyridine rings is 1. The second kappa shape index (κ2) is 4.51. The molecule has 0 aliphatic carbocycles. The predicted molar refractivity (Wildman–Crippen MR) is 67.0 cm³/mol. The van der Waals surface area contributed by atoms with E-state index in [1.165, 1.54) is 0 Å². The molecule has 2 rings (SSSR count). The number of aromatic nitrogens is 1. The Morgan fingerprint density at radius 3 is 2.56 bits per heavy atom. The fourth-order valence-corrected chi connectivity index (χ4v) is 1.89. The van der Waals surface area contributed by atoms with Crippen molar-refractivity contribution in [2.45, 2.75) is 6.54 Å². The first-order valence-corrected chi connectivity index (χ1v) is 5.30. The third kappa shape index (κ3) is 1.87. The maximum Gasteiger partial charge on any atom is 0.128 e. The maximum atomic E-state index is 6.14. The lowest BCUT2D eigenvalue weighted by Gasteiger charge is -2.10. The van der Waals surface area contributed by atoms with Crippen molar-refractivity contribution in [1.82, 2.24) is 4.98 Å². The van der Waals surface area contributed by atoms with Crippen LogP contribution in [0.2, 0.25) is 5.02 Å². The minimum absolute atomic E-state index is 0.347. The summed E-state index contributed by atoms with van der Waals surface area (Å²) in [7, 11) is 0. The van der Waals surface area contributed by atoms with E-state index in [9.17, 15) is 0 Å². The minimum Gasteiger partial charge on any atom is -0.383 e. The zero-order chi connectivity index (χ0) is 11.5. The number of anilines is 1. The molecule has 0 spiro atoms. The molecule has 0 unspecified atom stereocenters. The number of nitrogens with two attached hydrogens (primary N) is 2. The highest BCUT2D eigenvalue weighted by Crippen LogP contribution is 2.31. The quantitative estimate of drug-likeness (QED) is 0.838. The van der Waals surface area contributed by atoms with Crippen LogP contribution in [0.3, 0.4) is 0 Å². The first-order chi connectivity index (χ1) is 7.74. The highest BCUT2D eigenvalue weighted by Gasteiger charge is 2.10. The van der Waals surface area contributed by atoms with Crippen molar-refractivity contribution in [3.63, 3.8) is 0 Å².